The number of piperidine rings is 3. The standard InChI is InChI=1S/C41H58FN7O5Si/c1-29-23-30(24-32-26-48(44-37(29)32)28-53-21-22-55(2,3)4)25-36(39(50)46-17-11-33(12-18-46)45-15-6-5-7-16-45)54-41(52)47-19-13-34(14-20-47)49-27-31-9-8-10-35(42)38(31)43-40(49)51/h8-10,23-24,26,33-34,36H,5-7,11-22,25,27-28H2,1-4H3,(H,43,51)/t36-/m1/s1. The summed E-state index contributed by atoms with van der Waals surface area (Å²) in [6, 6.07) is 10.0. The molecule has 1 atom stereocenters. The third kappa shape index (κ3) is 9.52. The summed E-state index contributed by atoms with van der Waals surface area (Å²) in [4.78, 5) is 49.0. The Labute approximate surface area is 325 Å². The SMILES string of the molecule is Cc1cc(C[C@@H](OC(=O)N2CCC(N3Cc4cccc(F)c4NC3=O)CC2)C(=O)N2CCC(N3CCCCC3)CC2)cc2cn(COCC[Si](C)(C)C)nc12. The molecule has 0 radical (unpaired) electrons. The molecule has 5 heterocycles. The van der Waals surface area contributed by atoms with Gasteiger partial charge in [0, 0.05) is 77.5 Å². The van der Waals surface area contributed by atoms with Crippen molar-refractivity contribution < 1.29 is 28.2 Å². The predicted molar refractivity (Wildman–Crippen MR) is 213 cm³/mol. The fourth-order valence-electron chi connectivity index (χ4n) is 8.62. The Balaban J connectivity index is 1.02. The maximum atomic E-state index is 14.3. The second kappa shape index (κ2) is 17.0. The number of amides is 4. The van der Waals surface area contributed by atoms with Gasteiger partial charge in [0.05, 0.1) is 11.2 Å². The van der Waals surface area contributed by atoms with Crippen LogP contribution in [-0.4, -0.2) is 120 Å². The number of likely N-dealkylation sites (tertiary alicyclic amines) is 3. The zero-order valence-corrected chi connectivity index (χ0v) is 34.0. The normalized spacial score (nSPS) is 19.7. The molecular weight excluding hydrogens is 718 g/mol. The van der Waals surface area contributed by atoms with Gasteiger partial charge in [-0.2, -0.15) is 5.10 Å². The van der Waals surface area contributed by atoms with E-state index in [1.54, 1.807) is 15.9 Å². The molecule has 0 saturated carbocycles. The highest BCUT2D eigenvalue weighted by Gasteiger charge is 2.37. The first kappa shape index (κ1) is 39.2. The van der Waals surface area contributed by atoms with Gasteiger partial charge in [-0.15, -0.1) is 0 Å². The average Bonchev–Trinajstić information content (AvgIpc) is 3.60. The monoisotopic (exact) mass is 775 g/mol. The highest BCUT2D eigenvalue weighted by molar-refractivity contribution is 6.76. The minimum atomic E-state index is -1.20. The Morgan fingerprint density at radius 3 is 2.40 bits per heavy atom. The number of hydrogen-bond donors (Lipinski definition) is 1. The lowest BCUT2D eigenvalue weighted by atomic mass is 9.98. The summed E-state index contributed by atoms with van der Waals surface area (Å²) in [5.74, 6) is -0.595. The van der Waals surface area contributed by atoms with Crippen molar-refractivity contribution >= 4 is 42.7 Å². The van der Waals surface area contributed by atoms with E-state index in [2.05, 4.69) is 29.9 Å². The van der Waals surface area contributed by atoms with Crippen LogP contribution in [0.2, 0.25) is 25.7 Å². The van der Waals surface area contributed by atoms with Crippen LogP contribution in [0.5, 0.6) is 0 Å². The first-order valence-corrected chi connectivity index (χ1v) is 24.0. The van der Waals surface area contributed by atoms with E-state index in [4.69, 9.17) is 14.6 Å². The van der Waals surface area contributed by atoms with Crippen molar-refractivity contribution in [2.45, 2.75) is 115 Å². The van der Waals surface area contributed by atoms with Gasteiger partial charge in [0.15, 0.2) is 6.10 Å². The summed E-state index contributed by atoms with van der Waals surface area (Å²) in [5, 5.41) is 8.44. The number of fused-ring (bicyclic) bond motifs is 2. The quantitative estimate of drug-likeness (QED) is 0.168. The van der Waals surface area contributed by atoms with Crippen LogP contribution in [0.15, 0.2) is 36.5 Å². The van der Waals surface area contributed by atoms with Gasteiger partial charge in [-0.1, -0.05) is 44.3 Å². The van der Waals surface area contributed by atoms with E-state index < -0.39 is 26.1 Å². The van der Waals surface area contributed by atoms with E-state index in [1.807, 2.05) is 40.9 Å². The molecule has 0 unspecified atom stereocenters. The van der Waals surface area contributed by atoms with Crippen LogP contribution < -0.4 is 5.32 Å². The molecule has 1 N–H and O–H groups in total. The fraction of sp³-hybridized carbons (Fsp3) is 0.610. The number of para-hydroxylation sites is 1. The summed E-state index contributed by atoms with van der Waals surface area (Å²) >= 11 is 0. The summed E-state index contributed by atoms with van der Waals surface area (Å²) in [6.45, 7) is 14.7. The van der Waals surface area contributed by atoms with E-state index in [0.717, 1.165) is 59.6 Å². The Morgan fingerprint density at radius 1 is 0.964 bits per heavy atom. The van der Waals surface area contributed by atoms with E-state index >= 15 is 0 Å². The molecule has 7 rings (SSSR count). The number of hydrogen-bond acceptors (Lipinski definition) is 7. The minimum absolute atomic E-state index is 0.111. The molecule has 3 aromatic rings. The van der Waals surface area contributed by atoms with Crippen LogP contribution >= 0.6 is 0 Å². The molecule has 4 aliphatic rings. The first-order valence-electron chi connectivity index (χ1n) is 20.3. The van der Waals surface area contributed by atoms with Gasteiger partial charge in [-0.05, 0) is 93.4 Å². The molecule has 0 spiro atoms. The second-order valence-corrected chi connectivity index (χ2v) is 22.8. The fourth-order valence-corrected chi connectivity index (χ4v) is 9.37. The van der Waals surface area contributed by atoms with Crippen molar-refractivity contribution in [3.8, 4) is 0 Å². The van der Waals surface area contributed by atoms with Crippen molar-refractivity contribution in [2.75, 3.05) is 51.2 Å². The predicted octanol–water partition coefficient (Wildman–Crippen LogP) is 6.83. The molecule has 4 aliphatic heterocycles. The van der Waals surface area contributed by atoms with E-state index in [0.29, 0.717) is 64.9 Å². The van der Waals surface area contributed by atoms with Gasteiger partial charge < -0.3 is 34.4 Å². The van der Waals surface area contributed by atoms with Gasteiger partial charge in [0.25, 0.3) is 5.91 Å². The molecule has 55 heavy (non-hydrogen) atoms. The first-order chi connectivity index (χ1) is 26.4. The van der Waals surface area contributed by atoms with Gasteiger partial charge in [-0.25, -0.2) is 18.7 Å². The highest BCUT2D eigenvalue weighted by atomic mass is 28.3. The number of aromatic nitrogens is 2. The van der Waals surface area contributed by atoms with Crippen LogP contribution in [0.1, 0.15) is 61.6 Å². The number of halogens is 1. The number of nitrogens with zero attached hydrogens (tertiary/aromatic N) is 6. The third-order valence-electron chi connectivity index (χ3n) is 11.8. The molecule has 4 amide bonds. The molecule has 0 aliphatic carbocycles. The minimum Gasteiger partial charge on any atom is -0.436 e. The van der Waals surface area contributed by atoms with Crippen molar-refractivity contribution in [1.29, 1.82) is 0 Å². The number of carbonyl (C=O) groups is 3. The molecule has 3 saturated heterocycles. The van der Waals surface area contributed by atoms with E-state index in [1.165, 1.54) is 25.3 Å². The van der Waals surface area contributed by atoms with Crippen LogP contribution in [0.25, 0.3) is 10.9 Å². The lowest BCUT2D eigenvalue weighted by molar-refractivity contribution is -0.142. The lowest BCUT2D eigenvalue weighted by Crippen LogP contribution is -2.53. The van der Waals surface area contributed by atoms with Crippen molar-refractivity contribution in [3.63, 3.8) is 0 Å². The number of rotatable bonds is 11. The molecule has 12 nitrogen and oxygen atoms in total. The maximum absolute atomic E-state index is 14.3. The van der Waals surface area contributed by atoms with Gasteiger partial charge in [0.2, 0.25) is 0 Å². The van der Waals surface area contributed by atoms with Crippen molar-refractivity contribution in [1.82, 2.24) is 29.4 Å². The molecule has 3 fully saturated rings. The van der Waals surface area contributed by atoms with Gasteiger partial charge >= 0.3 is 12.1 Å². The Hall–Kier alpha value is -4.01. The largest absolute Gasteiger partial charge is 0.436 e. The number of anilines is 1. The van der Waals surface area contributed by atoms with E-state index in [9.17, 15) is 18.8 Å². The molecule has 2 aromatic carbocycles. The van der Waals surface area contributed by atoms with Crippen molar-refractivity contribution in [2.24, 2.45) is 0 Å². The Kier molecular flexibility index (Phi) is 12.1. The number of nitrogens with one attached hydrogen (secondary N) is 1. The van der Waals surface area contributed by atoms with Gasteiger partial charge in [-0.3, -0.25) is 4.79 Å². The number of carbonyl (C=O) groups excluding carboxylic acids is 3. The number of aryl methyl sites for hydroxylation is 1. The average molecular weight is 776 g/mol. The van der Waals surface area contributed by atoms with Gasteiger partial charge in [0.1, 0.15) is 12.5 Å². The number of urea groups is 1. The molecule has 298 valence electrons. The summed E-state index contributed by atoms with van der Waals surface area (Å²) in [5.41, 5.74) is 3.75. The zero-order chi connectivity index (χ0) is 38.7. The molecule has 1 aromatic heterocycles. The summed E-state index contributed by atoms with van der Waals surface area (Å²) in [6.07, 6.45) is 7.46. The second-order valence-electron chi connectivity index (χ2n) is 17.1. The van der Waals surface area contributed by atoms with Crippen molar-refractivity contribution in [3.05, 3.63) is 59.0 Å². The van der Waals surface area contributed by atoms with Crippen LogP contribution in [0.4, 0.5) is 19.7 Å². The smallest absolute Gasteiger partial charge is 0.410 e. The van der Waals surface area contributed by atoms with Crippen LogP contribution in [0.3, 0.4) is 0 Å². The van der Waals surface area contributed by atoms with Crippen LogP contribution in [-0.2, 0) is 34.0 Å². The maximum Gasteiger partial charge on any atom is 0.410 e. The Bertz CT molecular complexity index is 1840. The van der Waals surface area contributed by atoms with Crippen LogP contribution in [0, 0.1) is 12.7 Å². The topological polar surface area (TPSA) is 112 Å². The zero-order valence-electron chi connectivity index (χ0n) is 33.0. The highest BCUT2D eigenvalue weighted by Crippen LogP contribution is 2.30. The lowest BCUT2D eigenvalue weighted by Gasteiger charge is -2.41. The van der Waals surface area contributed by atoms with E-state index in [-0.39, 0.29) is 30.1 Å². The molecule has 14 heteroatoms. The number of ether oxygens (including phenoxy) is 2. The summed E-state index contributed by atoms with van der Waals surface area (Å²) < 4.78 is 28.3. The summed E-state index contributed by atoms with van der Waals surface area (Å²) in [7, 11) is -1.20. The Morgan fingerprint density at radius 2 is 1.67 bits per heavy atom. The number of benzene rings is 2. The molecule has 0 bridgehead atoms. The third-order valence-corrected chi connectivity index (χ3v) is 13.6. The molecular formula is C41H58FN7O5Si.